The van der Waals surface area contributed by atoms with Crippen molar-refractivity contribution in [3.63, 3.8) is 0 Å². The van der Waals surface area contributed by atoms with Crippen molar-refractivity contribution in [1.82, 2.24) is 15.0 Å². The molecule has 12 heavy (non-hydrogen) atoms. The van der Waals surface area contributed by atoms with Crippen LogP contribution in [0.15, 0.2) is 6.20 Å². The SMILES string of the molecule is CC(C)C(N)Cc1cn(C)nn1. The van der Waals surface area contributed by atoms with Gasteiger partial charge in [0, 0.05) is 25.7 Å². The van der Waals surface area contributed by atoms with Gasteiger partial charge in [-0.05, 0) is 5.92 Å². The fourth-order valence-electron chi connectivity index (χ4n) is 0.966. The van der Waals surface area contributed by atoms with Gasteiger partial charge in [0.1, 0.15) is 0 Å². The highest BCUT2D eigenvalue weighted by Gasteiger charge is 2.10. The van der Waals surface area contributed by atoms with Gasteiger partial charge >= 0.3 is 0 Å². The van der Waals surface area contributed by atoms with Crippen LogP contribution in [0, 0.1) is 5.92 Å². The maximum Gasteiger partial charge on any atom is 0.0842 e. The summed E-state index contributed by atoms with van der Waals surface area (Å²) in [6, 6.07) is 0.182. The molecule has 0 aliphatic rings. The number of aryl methyl sites for hydroxylation is 1. The maximum absolute atomic E-state index is 5.88. The highest BCUT2D eigenvalue weighted by Crippen LogP contribution is 2.04. The predicted octanol–water partition coefficient (Wildman–Crippen LogP) is 0.341. The third-order valence-corrected chi connectivity index (χ3v) is 1.95. The summed E-state index contributed by atoms with van der Waals surface area (Å²) in [7, 11) is 1.86. The van der Waals surface area contributed by atoms with Crippen molar-refractivity contribution in [3.05, 3.63) is 11.9 Å². The molecule has 0 fully saturated rings. The number of nitrogens with zero attached hydrogens (tertiary/aromatic N) is 3. The van der Waals surface area contributed by atoms with E-state index >= 15 is 0 Å². The molecule has 0 bridgehead atoms. The molecule has 0 aromatic carbocycles. The molecule has 1 atom stereocenters. The highest BCUT2D eigenvalue weighted by molar-refractivity contribution is 4.95. The second-order valence-electron chi connectivity index (χ2n) is 3.50. The minimum Gasteiger partial charge on any atom is -0.327 e. The summed E-state index contributed by atoms with van der Waals surface area (Å²) in [5.41, 5.74) is 6.85. The quantitative estimate of drug-likeness (QED) is 0.708. The molecular weight excluding hydrogens is 152 g/mol. The zero-order valence-corrected chi connectivity index (χ0v) is 7.86. The molecule has 68 valence electrons. The Morgan fingerprint density at radius 3 is 2.67 bits per heavy atom. The first-order valence-corrected chi connectivity index (χ1v) is 4.20. The van der Waals surface area contributed by atoms with Crippen molar-refractivity contribution in [3.8, 4) is 0 Å². The molecule has 4 heteroatoms. The summed E-state index contributed by atoms with van der Waals surface area (Å²) < 4.78 is 1.70. The van der Waals surface area contributed by atoms with E-state index in [0.29, 0.717) is 5.92 Å². The van der Waals surface area contributed by atoms with Crippen LogP contribution in [0.2, 0.25) is 0 Å². The number of aromatic nitrogens is 3. The summed E-state index contributed by atoms with van der Waals surface area (Å²) in [6.45, 7) is 4.22. The molecular formula is C8H16N4. The Kier molecular flexibility index (Phi) is 2.81. The van der Waals surface area contributed by atoms with Gasteiger partial charge in [0.25, 0.3) is 0 Å². The first-order valence-electron chi connectivity index (χ1n) is 4.20. The van der Waals surface area contributed by atoms with Crippen LogP contribution in [0.25, 0.3) is 0 Å². The van der Waals surface area contributed by atoms with Gasteiger partial charge in [-0.15, -0.1) is 5.10 Å². The molecule has 0 saturated carbocycles. The normalized spacial score (nSPS) is 13.8. The summed E-state index contributed by atoms with van der Waals surface area (Å²) >= 11 is 0. The Morgan fingerprint density at radius 2 is 2.25 bits per heavy atom. The average Bonchev–Trinajstić information content (AvgIpc) is 2.35. The Hall–Kier alpha value is -0.900. The monoisotopic (exact) mass is 168 g/mol. The Morgan fingerprint density at radius 1 is 1.58 bits per heavy atom. The first-order chi connectivity index (χ1) is 5.59. The molecule has 1 aromatic heterocycles. The van der Waals surface area contributed by atoms with E-state index in [2.05, 4.69) is 24.2 Å². The number of hydrogen-bond donors (Lipinski definition) is 1. The lowest BCUT2D eigenvalue weighted by Crippen LogP contribution is -2.28. The van der Waals surface area contributed by atoms with E-state index in [1.54, 1.807) is 4.68 Å². The zero-order valence-electron chi connectivity index (χ0n) is 7.86. The van der Waals surface area contributed by atoms with E-state index in [-0.39, 0.29) is 6.04 Å². The lowest BCUT2D eigenvalue weighted by molar-refractivity contribution is 0.486. The number of nitrogens with two attached hydrogens (primary N) is 1. The fraction of sp³-hybridized carbons (Fsp3) is 0.750. The van der Waals surface area contributed by atoms with Crippen LogP contribution in [0.3, 0.4) is 0 Å². The van der Waals surface area contributed by atoms with Gasteiger partial charge in [-0.25, -0.2) is 0 Å². The van der Waals surface area contributed by atoms with E-state index in [4.69, 9.17) is 5.73 Å². The van der Waals surface area contributed by atoms with Crippen molar-refractivity contribution in [2.75, 3.05) is 0 Å². The molecule has 1 unspecified atom stereocenters. The third kappa shape index (κ3) is 2.30. The lowest BCUT2D eigenvalue weighted by Gasteiger charge is -2.12. The van der Waals surface area contributed by atoms with E-state index in [1.165, 1.54) is 0 Å². The van der Waals surface area contributed by atoms with E-state index in [1.807, 2.05) is 13.2 Å². The molecule has 0 aliphatic carbocycles. The number of hydrogen-bond acceptors (Lipinski definition) is 3. The molecule has 4 nitrogen and oxygen atoms in total. The molecule has 0 saturated heterocycles. The first kappa shape index (κ1) is 9.19. The van der Waals surface area contributed by atoms with Crippen LogP contribution in [-0.2, 0) is 13.5 Å². The van der Waals surface area contributed by atoms with Gasteiger partial charge < -0.3 is 5.73 Å². The summed E-state index contributed by atoms with van der Waals surface area (Å²) in [4.78, 5) is 0. The zero-order chi connectivity index (χ0) is 9.14. The van der Waals surface area contributed by atoms with Gasteiger partial charge in [-0.2, -0.15) is 0 Å². The second-order valence-corrected chi connectivity index (χ2v) is 3.50. The molecule has 0 amide bonds. The van der Waals surface area contributed by atoms with E-state index in [9.17, 15) is 0 Å². The lowest BCUT2D eigenvalue weighted by atomic mass is 10.0. The molecule has 1 heterocycles. The Balaban J connectivity index is 2.52. The van der Waals surface area contributed by atoms with E-state index < -0.39 is 0 Å². The molecule has 0 spiro atoms. The standard InChI is InChI=1S/C8H16N4/c1-6(2)8(9)4-7-5-12(3)11-10-7/h5-6,8H,4,9H2,1-3H3. The summed E-state index contributed by atoms with van der Waals surface area (Å²) in [5, 5.41) is 7.81. The van der Waals surface area contributed by atoms with Crippen molar-refractivity contribution < 1.29 is 0 Å². The predicted molar refractivity (Wildman–Crippen MR) is 47.5 cm³/mol. The highest BCUT2D eigenvalue weighted by atomic mass is 15.4. The number of rotatable bonds is 3. The molecule has 2 N–H and O–H groups in total. The van der Waals surface area contributed by atoms with Crippen LogP contribution in [0.1, 0.15) is 19.5 Å². The minimum atomic E-state index is 0.182. The summed E-state index contributed by atoms with van der Waals surface area (Å²) in [5.74, 6) is 0.493. The molecule has 0 aliphatic heterocycles. The second kappa shape index (κ2) is 3.67. The van der Waals surface area contributed by atoms with Crippen LogP contribution in [-0.4, -0.2) is 21.0 Å². The Labute approximate surface area is 72.8 Å². The van der Waals surface area contributed by atoms with Gasteiger partial charge in [0.15, 0.2) is 0 Å². The van der Waals surface area contributed by atoms with Crippen molar-refractivity contribution in [2.45, 2.75) is 26.3 Å². The smallest absolute Gasteiger partial charge is 0.0842 e. The molecule has 0 radical (unpaired) electrons. The Bertz CT molecular complexity index is 241. The summed E-state index contributed by atoms with van der Waals surface area (Å²) in [6.07, 6.45) is 2.72. The topological polar surface area (TPSA) is 56.7 Å². The van der Waals surface area contributed by atoms with E-state index in [0.717, 1.165) is 12.1 Å². The maximum atomic E-state index is 5.88. The van der Waals surface area contributed by atoms with Gasteiger partial charge in [-0.1, -0.05) is 19.1 Å². The third-order valence-electron chi connectivity index (χ3n) is 1.95. The van der Waals surface area contributed by atoms with Crippen molar-refractivity contribution >= 4 is 0 Å². The van der Waals surface area contributed by atoms with Crippen LogP contribution < -0.4 is 5.73 Å². The fourth-order valence-corrected chi connectivity index (χ4v) is 0.966. The van der Waals surface area contributed by atoms with Crippen LogP contribution >= 0.6 is 0 Å². The van der Waals surface area contributed by atoms with Crippen molar-refractivity contribution in [1.29, 1.82) is 0 Å². The largest absolute Gasteiger partial charge is 0.327 e. The average molecular weight is 168 g/mol. The van der Waals surface area contributed by atoms with Gasteiger partial charge in [-0.3, -0.25) is 4.68 Å². The minimum absolute atomic E-state index is 0.182. The van der Waals surface area contributed by atoms with Crippen LogP contribution in [0.5, 0.6) is 0 Å². The van der Waals surface area contributed by atoms with Gasteiger partial charge in [0.2, 0.25) is 0 Å². The molecule has 1 rings (SSSR count). The van der Waals surface area contributed by atoms with Crippen molar-refractivity contribution in [2.24, 2.45) is 18.7 Å². The molecule has 1 aromatic rings. The van der Waals surface area contributed by atoms with Crippen LogP contribution in [0.4, 0.5) is 0 Å². The van der Waals surface area contributed by atoms with Gasteiger partial charge in [0.05, 0.1) is 5.69 Å².